The van der Waals surface area contributed by atoms with E-state index in [-0.39, 0.29) is 11.9 Å². The van der Waals surface area contributed by atoms with Crippen LogP contribution in [0, 0.1) is 6.92 Å². The van der Waals surface area contributed by atoms with E-state index >= 15 is 0 Å². The Balaban J connectivity index is 1.84. The molecule has 1 N–H and O–H groups in total. The predicted molar refractivity (Wildman–Crippen MR) is 104 cm³/mol. The molecule has 0 spiro atoms. The van der Waals surface area contributed by atoms with Crippen LogP contribution < -0.4 is 5.32 Å². The van der Waals surface area contributed by atoms with Crippen molar-refractivity contribution in [1.29, 1.82) is 0 Å². The van der Waals surface area contributed by atoms with Crippen molar-refractivity contribution in [2.45, 2.75) is 59.0 Å². The summed E-state index contributed by atoms with van der Waals surface area (Å²) in [5.74, 6) is -0.179. The van der Waals surface area contributed by atoms with Crippen LogP contribution in [0.25, 0.3) is 11.0 Å². The van der Waals surface area contributed by atoms with Crippen molar-refractivity contribution in [2.75, 3.05) is 0 Å². The summed E-state index contributed by atoms with van der Waals surface area (Å²) in [5, 5.41) is 4.00. The molecule has 3 aromatic heterocycles. The van der Waals surface area contributed by atoms with Gasteiger partial charge in [-0.05, 0) is 32.8 Å². The second-order valence-electron chi connectivity index (χ2n) is 6.54. The molecule has 26 heavy (non-hydrogen) atoms. The Morgan fingerprint density at radius 3 is 2.73 bits per heavy atom. The quantitative estimate of drug-likeness (QED) is 0.666. The summed E-state index contributed by atoms with van der Waals surface area (Å²) < 4.78 is 2.17. The van der Waals surface area contributed by atoms with Crippen LogP contribution >= 0.6 is 11.3 Å². The molecule has 7 heteroatoms. The SMILES string of the molecule is CCC[C@H](CC)n1cnc2cnc(C(=O)NC(C)c3cnc(C)s3)cc21. The molecule has 0 aliphatic rings. The zero-order valence-electron chi connectivity index (χ0n) is 15.7. The minimum Gasteiger partial charge on any atom is -0.343 e. The molecule has 0 radical (unpaired) electrons. The number of nitrogens with zero attached hydrogens (tertiary/aromatic N) is 4. The number of amides is 1. The lowest BCUT2D eigenvalue weighted by Crippen LogP contribution is -2.27. The summed E-state index contributed by atoms with van der Waals surface area (Å²) in [6, 6.07) is 2.14. The van der Waals surface area contributed by atoms with Gasteiger partial charge in [-0.15, -0.1) is 11.3 Å². The molecule has 3 heterocycles. The van der Waals surface area contributed by atoms with E-state index in [4.69, 9.17) is 0 Å². The Morgan fingerprint density at radius 1 is 1.27 bits per heavy atom. The lowest BCUT2D eigenvalue weighted by Gasteiger charge is -2.17. The minimum absolute atomic E-state index is 0.0976. The highest BCUT2D eigenvalue weighted by atomic mass is 32.1. The summed E-state index contributed by atoms with van der Waals surface area (Å²) in [5.41, 5.74) is 2.20. The maximum atomic E-state index is 12.7. The molecule has 0 aliphatic heterocycles. The first-order chi connectivity index (χ1) is 12.5. The highest BCUT2D eigenvalue weighted by Crippen LogP contribution is 2.24. The lowest BCUT2D eigenvalue weighted by molar-refractivity contribution is 0.0935. The molecule has 0 bridgehead atoms. The summed E-state index contributed by atoms with van der Waals surface area (Å²) in [7, 11) is 0. The number of imidazole rings is 1. The van der Waals surface area contributed by atoms with Crippen LogP contribution in [0.15, 0.2) is 24.8 Å². The van der Waals surface area contributed by atoms with Gasteiger partial charge in [-0.1, -0.05) is 20.3 Å². The van der Waals surface area contributed by atoms with Crippen molar-refractivity contribution in [1.82, 2.24) is 24.8 Å². The van der Waals surface area contributed by atoms with Crippen LogP contribution in [0.2, 0.25) is 0 Å². The molecular formula is C19H25N5OS. The molecule has 0 fully saturated rings. The Bertz CT molecular complexity index is 900. The maximum absolute atomic E-state index is 12.7. The highest BCUT2D eigenvalue weighted by Gasteiger charge is 2.17. The van der Waals surface area contributed by atoms with E-state index in [0.29, 0.717) is 11.7 Å². The van der Waals surface area contributed by atoms with E-state index in [1.54, 1.807) is 17.5 Å². The summed E-state index contributed by atoms with van der Waals surface area (Å²) in [6.45, 7) is 8.28. The maximum Gasteiger partial charge on any atom is 0.270 e. The smallest absolute Gasteiger partial charge is 0.270 e. The van der Waals surface area contributed by atoms with Gasteiger partial charge in [-0.2, -0.15) is 0 Å². The number of carbonyl (C=O) groups excluding carboxylic acids is 1. The second kappa shape index (κ2) is 7.95. The Morgan fingerprint density at radius 2 is 2.08 bits per heavy atom. The number of carbonyl (C=O) groups is 1. The van der Waals surface area contributed by atoms with Gasteiger partial charge in [0.2, 0.25) is 0 Å². The number of fused-ring (bicyclic) bond motifs is 1. The van der Waals surface area contributed by atoms with Gasteiger partial charge in [0.25, 0.3) is 5.91 Å². The second-order valence-corrected chi connectivity index (χ2v) is 7.80. The van der Waals surface area contributed by atoms with Crippen LogP contribution in [-0.2, 0) is 0 Å². The number of aryl methyl sites for hydroxylation is 1. The highest BCUT2D eigenvalue weighted by molar-refractivity contribution is 7.11. The topological polar surface area (TPSA) is 72.7 Å². The van der Waals surface area contributed by atoms with Crippen molar-refractivity contribution in [2.24, 2.45) is 0 Å². The Hall–Kier alpha value is -2.28. The van der Waals surface area contributed by atoms with Crippen molar-refractivity contribution in [3.05, 3.63) is 40.4 Å². The molecule has 6 nitrogen and oxygen atoms in total. The predicted octanol–water partition coefficient (Wildman–Crippen LogP) is 4.44. The fraction of sp³-hybridized carbons (Fsp3) is 0.474. The normalized spacial score (nSPS) is 13.7. The number of nitrogens with one attached hydrogen (secondary N) is 1. The van der Waals surface area contributed by atoms with Gasteiger partial charge >= 0.3 is 0 Å². The van der Waals surface area contributed by atoms with Gasteiger partial charge in [0.05, 0.1) is 29.1 Å². The molecular weight excluding hydrogens is 346 g/mol. The molecule has 0 aromatic carbocycles. The van der Waals surface area contributed by atoms with Gasteiger partial charge in [0.15, 0.2) is 0 Å². The largest absolute Gasteiger partial charge is 0.343 e. The van der Waals surface area contributed by atoms with Crippen LogP contribution in [0.5, 0.6) is 0 Å². The number of hydrogen-bond donors (Lipinski definition) is 1. The molecule has 0 saturated heterocycles. The summed E-state index contributed by atoms with van der Waals surface area (Å²) in [6.07, 6.45) is 8.59. The molecule has 3 aromatic rings. The summed E-state index contributed by atoms with van der Waals surface area (Å²) >= 11 is 1.59. The average molecular weight is 372 g/mol. The van der Waals surface area contributed by atoms with E-state index < -0.39 is 0 Å². The van der Waals surface area contributed by atoms with Crippen molar-refractivity contribution in [3.63, 3.8) is 0 Å². The standard InChI is InChI=1S/C19H25N5OS/c1-5-7-14(6-2)24-11-22-16-9-21-15(8-17(16)24)19(25)23-12(3)18-10-20-13(4)26-18/h8-12,14H,5-7H2,1-4H3,(H,23,25)/t12?,14-/m0/s1. The van der Waals surface area contributed by atoms with Gasteiger partial charge in [0.1, 0.15) is 11.2 Å². The van der Waals surface area contributed by atoms with Crippen molar-refractivity contribution >= 4 is 28.3 Å². The fourth-order valence-electron chi connectivity index (χ4n) is 3.14. The molecule has 138 valence electrons. The van der Waals surface area contributed by atoms with Gasteiger partial charge in [-0.25, -0.2) is 15.0 Å². The van der Waals surface area contributed by atoms with Crippen LogP contribution in [-0.4, -0.2) is 25.4 Å². The third-order valence-corrected chi connectivity index (χ3v) is 5.69. The molecule has 3 rings (SSSR count). The number of rotatable bonds is 7. The lowest BCUT2D eigenvalue weighted by atomic mass is 10.1. The van der Waals surface area contributed by atoms with Crippen LogP contribution in [0.4, 0.5) is 0 Å². The zero-order chi connectivity index (χ0) is 18.7. The van der Waals surface area contributed by atoms with E-state index in [1.807, 2.05) is 32.4 Å². The van der Waals surface area contributed by atoms with E-state index in [2.05, 4.69) is 38.7 Å². The van der Waals surface area contributed by atoms with Gasteiger partial charge in [-0.3, -0.25) is 4.79 Å². The fourth-order valence-corrected chi connectivity index (χ4v) is 3.93. The Labute approximate surface area is 157 Å². The van der Waals surface area contributed by atoms with E-state index in [9.17, 15) is 4.79 Å². The first-order valence-electron chi connectivity index (χ1n) is 9.09. The van der Waals surface area contributed by atoms with Crippen LogP contribution in [0.3, 0.4) is 0 Å². The zero-order valence-corrected chi connectivity index (χ0v) is 16.5. The van der Waals surface area contributed by atoms with Crippen molar-refractivity contribution < 1.29 is 4.79 Å². The summed E-state index contributed by atoms with van der Waals surface area (Å²) in [4.78, 5) is 26.7. The van der Waals surface area contributed by atoms with E-state index in [1.165, 1.54) is 0 Å². The van der Waals surface area contributed by atoms with Gasteiger partial charge in [0, 0.05) is 17.1 Å². The number of hydrogen-bond acceptors (Lipinski definition) is 5. The Kier molecular flexibility index (Phi) is 5.66. The monoisotopic (exact) mass is 371 g/mol. The number of thiazole rings is 1. The van der Waals surface area contributed by atoms with Crippen LogP contribution in [0.1, 0.15) is 72.5 Å². The molecule has 1 unspecified atom stereocenters. The minimum atomic E-state index is -0.179. The molecule has 1 amide bonds. The van der Waals surface area contributed by atoms with E-state index in [0.717, 1.165) is 40.2 Å². The van der Waals surface area contributed by atoms with Crippen molar-refractivity contribution in [3.8, 4) is 0 Å². The van der Waals surface area contributed by atoms with Gasteiger partial charge < -0.3 is 9.88 Å². The number of pyridine rings is 1. The first-order valence-corrected chi connectivity index (χ1v) is 9.90. The molecule has 2 atom stereocenters. The average Bonchev–Trinajstić information content (AvgIpc) is 3.25. The molecule has 0 aliphatic carbocycles. The third-order valence-electron chi connectivity index (χ3n) is 4.59. The third kappa shape index (κ3) is 3.77. The first kappa shape index (κ1) is 18.5. The number of aromatic nitrogens is 4. The molecule has 0 saturated carbocycles.